The van der Waals surface area contributed by atoms with Crippen LogP contribution < -0.4 is 5.32 Å². The second kappa shape index (κ2) is 4.92. The average molecular weight is 237 g/mol. The van der Waals surface area contributed by atoms with Crippen molar-refractivity contribution in [3.8, 4) is 0 Å². The summed E-state index contributed by atoms with van der Waals surface area (Å²) in [7, 11) is 0. The standard InChI is InChI=1S/C8H9N.C7H6N2/c1-2-4-8-7(3-1)5-6-9-8;1-2-4-7-6(3-1)5-8-9-7/h1-4,9H,5-6H2;1-5H,(H,8,9). The van der Waals surface area contributed by atoms with Gasteiger partial charge >= 0.3 is 0 Å². The maximum Gasteiger partial charge on any atom is 0.0650 e. The minimum Gasteiger partial charge on any atom is -0.384 e. The number of aromatic amines is 1. The third-order valence-corrected chi connectivity index (χ3v) is 3.08. The lowest BCUT2D eigenvalue weighted by Crippen LogP contribution is -1.90. The molecule has 4 rings (SSSR count). The highest BCUT2D eigenvalue weighted by Crippen LogP contribution is 2.19. The highest BCUT2D eigenvalue weighted by atomic mass is 15.1. The summed E-state index contributed by atoms with van der Waals surface area (Å²) < 4.78 is 0. The predicted octanol–water partition coefficient (Wildman–Crippen LogP) is 3.22. The van der Waals surface area contributed by atoms with Crippen LogP contribution in [0.5, 0.6) is 0 Å². The Morgan fingerprint density at radius 3 is 2.67 bits per heavy atom. The van der Waals surface area contributed by atoms with Crippen LogP contribution in [0.3, 0.4) is 0 Å². The number of anilines is 1. The lowest BCUT2D eigenvalue weighted by atomic mass is 10.2. The molecule has 18 heavy (non-hydrogen) atoms. The van der Waals surface area contributed by atoms with E-state index in [1.807, 2.05) is 30.5 Å². The molecule has 0 amide bonds. The normalized spacial score (nSPS) is 12.4. The third-order valence-electron chi connectivity index (χ3n) is 3.08. The van der Waals surface area contributed by atoms with Gasteiger partial charge in [0.05, 0.1) is 11.7 Å². The average Bonchev–Trinajstić information content (AvgIpc) is 3.08. The summed E-state index contributed by atoms with van der Waals surface area (Å²) in [5, 5.41) is 11.2. The molecule has 0 fully saturated rings. The van der Waals surface area contributed by atoms with Gasteiger partial charge in [-0.1, -0.05) is 36.4 Å². The molecular formula is C15H15N3. The molecule has 0 radical (unpaired) electrons. The van der Waals surface area contributed by atoms with Gasteiger partial charge in [0.2, 0.25) is 0 Å². The molecule has 3 heteroatoms. The van der Waals surface area contributed by atoms with E-state index in [4.69, 9.17) is 0 Å². The van der Waals surface area contributed by atoms with Crippen molar-refractivity contribution in [3.63, 3.8) is 0 Å². The van der Waals surface area contributed by atoms with Gasteiger partial charge in [0, 0.05) is 17.6 Å². The number of hydrogen-bond acceptors (Lipinski definition) is 2. The number of aromatic nitrogens is 2. The zero-order valence-electron chi connectivity index (χ0n) is 10.1. The molecule has 0 atom stereocenters. The summed E-state index contributed by atoms with van der Waals surface area (Å²) in [6.45, 7) is 1.11. The van der Waals surface area contributed by atoms with Crippen LogP contribution in [0, 0.1) is 0 Å². The molecule has 0 unspecified atom stereocenters. The van der Waals surface area contributed by atoms with Crippen molar-refractivity contribution in [2.45, 2.75) is 6.42 Å². The molecular weight excluding hydrogens is 222 g/mol. The Bertz CT molecular complexity index is 590. The van der Waals surface area contributed by atoms with Crippen molar-refractivity contribution >= 4 is 16.6 Å². The van der Waals surface area contributed by atoms with Crippen molar-refractivity contribution in [3.05, 3.63) is 60.3 Å². The summed E-state index contributed by atoms with van der Waals surface area (Å²) in [4.78, 5) is 0. The van der Waals surface area contributed by atoms with E-state index in [-0.39, 0.29) is 0 Å². The zero-order valence-corrected chi connectivity index (χ0v) is 10.1. The molecule has 90 valence electrons. The fraction of sp³-hybridized carbons (Fsp3) is 0.133. The molecule has 2 heterocycles. The summed E-state index contributed by atoms with van der Waals surface area (Å²) >= 11 is 0. The summed E-state index contributed by atoms with van der Waals surface area (Å²) in [6.07, 6.45) is 3.01. The third kappa shape index (κ3) is 2.20. The summed E-state index contributed by atoms with van der Waals surface area (Å²) in [5.74, 6) is 0. The van der Waals surface area contributed by atoms with Crippen molar-refractivity contribution < 1.29 is 0 Å². The Labute approximate surface area is 106 Å². The molecule has 1 aromatic heterocycles. The molecule has 0 bridgehead atoms. The molecule has 2 N–H and O–H groups in total. The van der Waals surface area contributed by atoms with Crippen LogP contribution in [-0.2, 0) is 6.42 Å². The molecule has 2 aromatic carbocycles. The molecule has 1 aliphatic rings. The molecule has 0 aliphatic carbocycles. The SMILES string of the molecule is c1ccc2[nH]ncc2c1.c1ccc2c(c1)CCN2. The second-order valence-corrected chi connectivity index (χ2v) is 4.29. The maximum atomic E-state index is 3.88. The van der Waals surface area contributed by atoms with E-state index in [1.54, 1.807) is 0 Å². The fourth-order valence-corrected chi connectivity index (χ4v) is 2.13. The Morgan fingerprint density at radius 2 is 1.78 bits per heavy atom. The van der Waals surface area contributed by atoms with Gasteiger partial charge in [-0.2, -0.15) is 5.10 Å². The number of nitrogens with zero attached hydrogens (tertiary/aromatic N) is 1. The Balaban J connectivity index is 0.000000111. The predicted molar refractivity (Wildman–Crippen MR) is 74.7 cm³/mol. The topological polar surface area (TPSA) is 40.7 Å². The van der Waals surface area contributed by atoms with E-state index in [0.29, 0.717) is 0 Å². The Kier molecular flexibility index (Phi) is 2.96. The largest absolute Gasteiger partial charge is 0.384 e. The van der Waals surface area contributed by atoms with Crippen LogP contribution in [0.4, 0.5) is 5.69 Å². The van der Waals surface area contributed by atoms with Gasteiger partial charge in [-0.3, -0.25) is 5.10 Å². The Hall–Kier alpha value is -2.29. The van der Waals surface area contributed by atoms with E-state index in [0.717, 1.165) is 17.4 Å². The quantitative estimate of drug-likeness (QED) is 0.630. The van der Waals surface area contributed by atoms with Crippen molar-refractivity contribution in [2.75, 3.05) is 11.9 Å². The monoisotopic (exact) mass is 237 g/mol. The van der Waals surface area contributed by atoms with Gasteiger partial charge in [0.25, 0.3) is 0 Å². The first-order valence-electron chi connectivity index (χ1n) is 6.13. The van der Waals surface area contributed by atoms with Crippen LogP contribution in [0.1, 0.15) is 5.56 Å². The fourth-order valence-electron chi connectivity index (χ4n) is 2.13. The van der Waals surface area contributed by atoms with Gasteiger partial charge in [-0.05, 0) is 24.1 Å². The van der Waals surface area contributed by atoms with Crippen LogP contribution in [0.2, 0.25) is 0 Å². The maximum absolute atomic E-state index is 3.88. The first kappa shape index (κ1) is 10.8. The first-order valence-corrected chi connectivity index (χ1v) is 6.13. The van der Waals surface area contributed by atoms with Crippen LogP contribution >= 0.6 is 0 Å². The van der Waals surface area contributed by atoms with Gasteiger partial charge < -0.3 is 5.32 Å². The van der Waals surface area contributed by atoms with Gasteiger partial charge in [0.15, 0.2) is 0 Å². The number of nitrogens with one attached hydrogen (secondary N) is 2. The van der Waals surface area contributed by atoms with Crippen LogP contribution in [-0.4, -0.2) is 16.7 Å². The molecule has 3 nitrogen and oxygen atoms in total. The second-order valence-electron chi connectivity index (χ2n) is 4.29. The van der Waals surface area contributed by atoms with Gasteiger partial charge in [-0.25, -0.2) is 0 Å². The summed E-state index contributed by atoms with van der Waals surface area (Å²) in [5.41, 5.74) is 3.87. The number of benzene rings is 2. The molecule has 3 aromatic rings. The van der Waals surface area contributed by atoms with Crippen molar-refractivity contribution in [1.29, 1.82) is 0 Å². The number of fused-ring (bicyclic) bond motifs is 2. The molecule has 1 aliphatic heterocycles. The zero-order chi connectivity index (χ0) is 12.2. The number of rotatable bonds is 0. The Morgan fingerprint density at radius 1 is 0.944 bits per heavy atom. The number of H-pyrrole nitrogens is 1. The minimum absolute atomic E-state index is 1.09. The van der Waals surface area contributed by atoms with E-state index < -0.39 is 0 Å². The lowest BCUT2D eigenvalue weighted by Gasteiger charge is -1.94. The van der Waals surface area contributed by atoms with Crippen molar-refractivity contribution in [2.24, 2.45) is 0 Å². The molecule has 0 saturated heterocycles. The van der Waals surface area contributed by atoms with Gasteiger partial charge in [0.1, 0.15) is 0 Å². The van der Waals surface area contributed by atoms with Crippen molar-refractivity contribution in [1.82, 2.24) is 10.2 Å². The summed E-state index contributed by atoms with van der Waals surface area (Å²) in [6, 6.07) is 16.5. The van der Waals surface area contributed by atoms with E-state index in [1.165, 1.54) is 17.7 Å². The smallest absolute Gasteiger partial charge is 0.0650 e. The first-order chi connectivity index (χ1) is 8.93. The highest BCUT2D eigenvalue weighted by Gasteiger charge is 2.05. The van der Waals surface area contributed by atoms with Crippen LogP contribution in [0.25, 0.3) is 10.9 Å². The highest BCUT2D eigenvalue weighted by molar-refractivity contribution is 5.77. The van der Waals surface area contributed by atoms with Crippen LogP contribution in [0.15, 0.2) is 54.7 Å². The molecule has 0 spiro atoms. The molecule has 0 saturated carbocycles. The van der Waals surface area contributed by atoms with E-state index >= 15 is 0 Å². The van der Waals surface area contributed by atoms with Gasteiger partial charge in [-0.15, -0.1) is 0 Å². The van der Waals surface area contributed by atoms with E-state index in [9.17, 15) is 0 Å². The lowest BCUT2D eigenvalue weighted by molar-refractivity contribution is 1.11. The minimum atomic E-state index is 1.09. The number of hydrogen-bond donors (Lipinski definition) is 2. The van der Waals surface area contributed by atoms with E-state index in [2.05, 4.69) is 39.8 Å². The number of para-hydroxylation sites is 2.